The molecule has 0 bridgehead atoms. The molecule has 0 saturated carbocycles. The van der Waals surface area contributed by atoms with Gasteiger partial charge in [0.25, 0.3) is 10.0 Å². The van der Waals surface area contributed by atoms with Gasteiger partial charge in [-0.3, -0.25) is 13.9 Å². The zero-order valence-corrected chi connectivity index (χ0v) is 26.0. The summed E-state index contributed by atoms with van der Waals surface area (Å²) in [7, 11) is -3.20. The van der Waals surface area contributed by atoms with Gasteiger partial charge in [-0.05, 0) is 48.4 Å². The molecule has 1 N–H and O–H groups in total. The van der Waals surface area contributed by atoms with Crippen LogP contribution in [0, 0.1) is 6.92 Å². The zero-order valence-electron chi connectivity index (χ0n) is 24.5. The summed E-state index contributed by atoms with van der Waals surface area (Å²) in [6, 6.07) is 24.4. The van der Waals surface area contributed by atoms with E-state index in [1.165, 1.54) is 36.2 Å². The van der Waals surface area contributed by atoms with Crippen molar-refractivity contribution in [1.82, 2.24) is 10.2 Å². The van der Waals surface area contributed by atoms with Crippen LogP contribution in [0.1, 0.15) is 22.3 Å². The number of benzene rings is 4. The maximum Gasteiger partial charge on any atom is 0.416 e. The van der Waals surface area contributed by atoms with Gasteiger partial charge in [-0.15, -0.1) is 0 Å². The van der Waals surface area contributed by atoms with Crippen LogP contribution in [-0.2, 0) is 38.8 Å². The van der Waals surface area contributed by atoms with Gasteiger partial charge in [0.1, 0.15) is 12.6 Å². The first kappa shape index (κ1) is 33.5. The summed E-state index contributed by atoms with van der Waals surface area (Å²) in [6.07, 6.45) is -4.73. The van der Waals surface area contributed by atoms with Crippen LogP contribution < -0.4 is 9.62 Å². The molecule has 236 valence electrons. The number of sulfonamides is 1. The predicted molar refractivity (Wildman–Crippen MR) is 167 cm³/mol. The maximum absolute atomic E-state index is 14.3. The lowest BCUT2D eigenvalue weighted by molar-refractivity contribution is -0.139. The van der Waals surface area contributed by atoms with E-state index < -0.39 is 51.9 Å². The summed E-state index contributed by atoms with van der Waals surface area (Å²) in [5, 5.41) is 2.27. The number of nitrogens with one attached hydrogen (secondary N) is 1. The SMILES string of the molecule is CNC(=O)[C@H](Cc1ccccc1)N(Cc1ccc(C)cc1)C(=O)CN(c1cc(C(F)(F)F)ccc1Cl)S(=O)(=O)c1ccccc1. The third kappa shape index (κ3) is 8.23. The standard InChI is InChI=1S/C33H31ClF3N3O4S/c1-23-13-15-25(16-14-23)21-39(30(32(42)38-2)19-24-9-5-3-6-10-24)31(41)22-40(45(43,44)27-11-7-4-8-12-27)29-20-26(33(35,36)37)17-18-28(29)34/h3-18,20,30H,19,21-22H2,1-2H3,(H,38,42)/t30-/m0/s1. The van der Waals surface area contributed by atoms with Crippen molar-refractivity contribution >= 4 is 39.1 Å². The molecule has 2 amide bonds. The number of amides is 2. The van der Waals surface area contributed by atoms with Crippen LogP contribution in [0.15, 0.2) is 108 Å². The van der Waals surface area contributed by atoms with Crippen molar-refractivity contribution in [2.45, 2.75) is 37.0 Å². The minimum atomic E-state index is -4.82. The van der Waals surface area contributed by atoms with Gasteiger partial charge in [0, 0.05) is 20.0 Å². The molecule has 0 unspecified atom stereocenters. The topological polar surface area (TPSA) is 86.8 Å². The first-order valence-electron chi connectivity index (χ1n) is 13.9. The van der Waals surface area contributed by atoms with Crippen molar-refractivity contribution in [1.29, 1.82) is 0 Å². The molecule has 12 heteroatoms. The van der Waals surface area contributed by atoms with Crippen LogP contribution in [0.5, 0.6) is 0 Å². The Hall–Kier alpha value is -4.35. The number of anilines is 1. The van der Waals surface area contributed by atoms with E-state index in [-0.39, 0.29) is 22.9 Å². The first-order chi connectivity index (χ1) is 21.3. The fourth-order valence-corrected chi connectivity index (χ4v) is 6.44. The van der Waals surface area contributed by atoms with Gasteiger partial charge in [0.05, 0.1) is 21.2 Å². The molecular weight excluding hydrogens is 627 g/mol. The van der Waals surface area contributed by atoms with Crippen LogP contribution in [0.25, 0.3) is 0 Å². The Labute approximate surface area is 265 Å². The van der Waals surface area contributed by atoms with Crippen molar-refractivity contribution in [3.8, 4) is 0 Å². The average Bonchev–Trinajstić information content (AvgIpc) is 3.02. The number of nitrogens with zero attached hydrogens (tertiary/aromatic N) is 2. The highest BCUT2D eigenvalue weighted by molar-refractivity contribution is 7.92. The molecule has 0 radical (unpaired) electrons. The van der Waals surface area contributed by atoms with E-state index >= 15 is 0 Å². The van der Waals surface area contributed by atoms with Gasteiger partial charge >= 0.3 is 6.18 Å². The van der Waals surface area contributed by atoms with Crippen molar-refractivity contribution in [3.05, 3.63) is 130 Å². The highest BCUT2D eigenvalue weighted by Gasteiger charge is 2.37. The molecule has 0 aliphatic heterocycles. The maximum atomic E-state index is 14.3. The second kappa shape index (κ2) is 14.2. The molecule has 1 atom stereocenters. The normalized spacial score (nSPS) is 12.3. The lowest BCUT2D eigenvalue weighted by Crippen LogP contribution is -2.53. The summed E-state index contributed by atoms with van der Waals surface area (Å²) >= 11 is 6.32. The Balaban J connectivity index is 1.85. The molecule has 0 saturated heterocycles. The fraction of sp³-hybridized carbons (Fsp3) is 0.212. The molecule has 4 aromatic rings. The lowest BCUT2D eigenvalue weighted by Gasteiger charge is -2.34. The van der Waals surface area contributed by atoms with Crippen LogP contribution >= 0.6 is 11.6 Å². The van der Waals surface area contributed by atoms with Gasteiger partial charge < -0.3 is 10.2 Å². The Morgan fingerprint density at radius 3 is 2.04 bits per heavy atom. The fourth-order valence-electron chi connectivity index (χ4n) is 4.72. The second-order valence-electron chi connectivity index (χ2n) is 10.3. The molecule has 0 spiro atoms. The van der Waals surface area contributed by atoms with E-state index in [9.17, 15) is 31.2 Å². The summed E-state index contributed by atoms with van der Waals surface area (Å²) in [5.41, 5.74) is 0.682. The third-order valence-corrected chi connectivity index (χ3v) is 9.24. The Bertz CT molecular complexity index is 1740. The summed E-state index contributed by atoms with van der Waals surface area (Å²) in [4.78, 5) is 28.6. The molecule has 45 heavy (non-hydrogen) atoms. The van der Waals surface area contributed by atoms with Crippen LogP contribution in [0.3, 0.4) is 0 Å². The number of aryl methyl sites for hydroxylation is 1. The largest absolute Gasteiger partial charge is 0.416 e. The number of rotatable bonds is 11. The van der Waals surface area contributed by atoms with Gasteiger partial charge in [0.15, 0.2) is 0 Å². The van der Waals surface area contributed by atoms with Crippen LogP contribution in [0.2, 0.25) is 5.02 Å². The number of carbonyl (C=O) groups excluding carboxylic acids is 2. The molecule has 0 fully saturated rings. The highest BCUT2D eigenvalue weighted by atomic mass is 35.5. The number of hydrogen-bond donors (Lipinski definition) is 1. The van der Waals surface area contributed by atoms with Crippen molar-refractivity contribution in [2.75, 3.05) is 17.9 Å². The van der Waals surface area contributed by atoms with E-state index in [1.54, 1.807) is 48.5 Å². The van der Waals surface area contributed by atoms with E-state index in [4.69, 9.17) is 11.6 Å². The Kier molecular flexibility index (Phi) is 10.6. The predicted octanol–water partition coefficient (Wildman–Crippen LogP) is 6.25. The quantitative estimate of drug-likeness (QED) is 0.207. The molecule has 4 rings (SSSR count). The van der Waals surface area contributed by atoms with Gasteiger partial charge in [-0.25, -0.2) is 8.42 Å². The average molecular weight is 658 g/mol. The highest BCUT2D eigenvalue weighted by Crippen LogP contribution is 2.37. The molecule has 0 aliphatic rings. The lowest BCUT2D eigenvalue weighted by atomic mass is 10.0. The third-order valence-electron chi connectivity index (χ3n) is 7.14. The molecule has 0 aromatic heterocycles. The van der Waals surface area contributed by atoms with Crippen molar-refractivity contribution in [2.24, 2.45) is 0 Å². The van der Waals surface area contributed by atoms with Crippen LogP contribution in [0.4, 0.5) is 18.9 Å². The number of likely N-dealkylation sites (N-methyl/N-ethyl adjacent to an activating group) is 1. The summed E-state index contributed by atoms with van der Waals surface area (Å²) in [6.45, 7) is 0.868. The Morgan fingerprint density at radius 1 is 0.867 bits per heavy atom. The van der Waals surface area contributed by atoms with Gasteiger partial charge in [-0.2, -0.15) is 13.2 Å². The second-order valence-corrected chi connectivity index (χ2v) is 12.6. The van der Waals surface area contributed by atoms with Gasteiger partial charge in [-0.1, -0.05) is 90.0 Å². The molecule has 7 nitrogen and oxygen atoms in total. The van der Waals surface area contributed by atoms with E-state index in [1.807, 2.05) is 19.1 Å². The molecule has 4 aromatic carbocycles. The molecule has 0 aliphatic carbocycles. The molecular formula is C33H31ClF3N3O4S. The first-order valence-corrected chi connectivity index (χ1v) is 15.7. The number of alkyl halides is 3. The van der Waals surface area contributed by atoms with Crippen molar-refractivity contribution in [3.63, 3.8) is 0 Å². The van der Waals surface area contributed by atoms with E-state index in [0.29, 0.717) is 15.9 Å². The van der Waals surface area contributed by atoms with Crippen molar-refractivity contribution < 1.29 is 31.2 Å². The minimum Gasteiger partial charge on any atom is -0.357 e. The Morgan fingerprint density at radius 2 is 1.47 bits per heavy atom. The van der Waals surface area contributed by atoms with Gasteiger partial charge in [0.2, 0.25) is 11.8 Å². The number of carbonyl (C=O) groups is 2. The zero-order chi connectivity index (χ0) is 32.8. The minimum absolute atomic E-state index is 0.0837. The van der Waals surface area contributed by atoms with E-state index in [0.717, 1.165) is 23.3 Å². The smallest absolute Gasteiger partial charge is 0.357 e. The monoisotopic (exact) mass is 657 g/mol. The number of hydrogen-bond acceptors (Lipinski definition) is 4. The summed E-state index contributed by atoms with van der Waals surface area (Å²) in [5.74, 6) is -1.33. The summed E-state index contributed by atoms with van der Waals surface area (Å²) < 4.78 is 69.8. The van der Waals surface area contributed by atoms with E-state index in [2.05, 4.69) is 5.32 Å². The molecule has 0 heterocycles. The number of halogens is 4. The van der Waals surface area contributed by atoms with Crippen LogP contribution in [-0.4, -0.2) is 44.8 Å².